The Morgan fingerprint density at radius 2 is 2.11 bits per heavy atom. The smallest absolute Gasteiger partial charge is 0.255 e. The number of amides is 1. The van der Waals surface area contributed by atoms with Gasteiger partial charge in [-0.3, -0.25) is 4.79 Å². The van der Waals surface area contributed by atoms with Gasteiger partial charge in [-0.15, -0.1) is 0 Å². The molecule has 4 nitrogen and oxygen atoms in total. The summed E-state index contributed by atoms with van der Waals surface area (Å²) in [5.74, 6) is -0.172. The van der Waals surface area contributed by atoms with Crippen LogP contribution in [0, 0.1) is 5.92 Å². The zero-order valence-corrected chi connectivity index (χ0v) is 12.1. The zero-order valence-electron chi connectivity index (χ0n) is 10.5. The third-order valence-corrected chi connectivity index (χ3v) is 3.05. The van der Waals surface area contributed by atoms with Gasteiger partial charge in [-0.2, -0.15) is 0 Å². The number of aliphatic hydroxyl groups is 1. The fourth-order valence-corrected chi connectivity index (χ4v) is 2.07. The zero-order chi connectivity index (χ0) is 13.7. The number of carbonyl (C=O) groups excluding carboxylic acids is 1. The van der Waals surface area contributed by atoms with Crippen LogP contribution < -0.4 is 5.32 Å². The molecule has 5 heteroatoms. The average Bonchev–Trinajstić information content (AvgIpc) is 2.25. The highest BCUT2D eigenvalue weighted by Crippen LogP contribution is 2.22. The molecule has 0 heterocycles. The first-order valence-corrected chi connectivity index (χ1v) is 6.64. The van der Waals surface area contributed by atoms with Gasteiger partial charge in [0.25, 0.3) is 5.91 Å². The lowest BCUT2D eigenvalue weighted by Crippen LogP contribution is -2.29. The average molecular weight is 316 g/mol. The molecule has 0 aliphatic heterocycles. The van der Waals surface area contributed by atoms with Gasteiger partial charge in [-0.1, -0.05) is 22.9 Å². The van der Waals surface area contributed by atoms with Gasteiger partial charge in [-0.25, -0.2) is 0 Å². The molecule has 18 heavy (non-hydrogen) atoms. The number of nitrogens with one attached hydrogen (secondary N) is 1. The van der Waals surface area contributed by atoms with Crippen molar-refractivity contribution >= 4 is 21.8 Å². The lowest BCUT2D eigenvalue weighted by Gasteiger charge is -2.14. The Hall–Kier alpha value is -1.07. The Kier molecular flexibility index (Phi) is 5.62. The third kappa shape index (κ3) is 4.66. The molecule has 0 saturated heterocycles. The number of hydrogen-bond acceptors (Lipinski definition) is 3. The van der Waals surface area contributed by atoms with Crippen LogP contribution in [0.2, 0.25) is 0 Å². The maximum absolute atomic E-state index is 11.8. The number of phenolic OH excluding ortho intramolecular Hbond substituents is 1. The molecule has 0 radical (unpaired) electrons. The fourth-order valence-electron chi connectivity index (χ4n) is 1.72. The second kappa shape index (κ2) is 6.75. The van der Waals surface area contributed by atoms with Crippen molar-refractivity contribution in [2.45, 2.75) is 26.4 Å². The summed E-state index contributed by atoms with van der Waals surface area (Å²) < 4.78 is 0.721. The van der Waals surface area contributed by atoms with Crippen molar-refractivity contribution in [1.29, 1.82) is 0 Å². The topological polar surface area (TPSA) is 69.6 Å². The van der Waals surface area contributed by atoms with Crippen LogP contribution in [0.5, 0.6) is 5.75 Å². The summed E-state index contributed by atoms with van der Waals surface area (Å²) in [6, 6.07) is 4.75. The first-order valence-electron chi connectivity index (χ1n) is 5.85. The van der Waals surface area contributed by atoms with E-state index in [0.717, 1.165) is 4.47 Å². The summed E-state index contributed by atoms with van der Waals surface area (Å²) in [5.41, 5.74) is 0.252. The number of aromatic hydroxyl groups is 1. The SMILES string of the molecule is C[C@@H](CNC(=O)c1ccc(Br)cc1O)C[C@@H](C)O. The van der Waals surface area contributed by atoms with Crippen molar-refractivity contribution < 1.29 is 15.0 Å². The van der Waals surface area contributed by atoms with Crippen LogP contribution in [0.15, 0.2) is 22.7 Å². The Morgan fingerprint density at radius 3 is 2.67 bits per heavy atom. The minimum absolute atomic E-state index is 0.0509. The van der Waals surface area contributed by atoms with Gasteiger partial charge in [0.2, 0.25) is 0 Å². The third-order valence-electron chi connectivity index (χ3n) is 2.56. The Balaban J connectivity index is 2.55. The quantitative estimate of drug-likeness (QED) is 0.781. The Morgan fingerprint density at radius 1 is 1.44 bits per heavy atom. The van der Waals surface area contributed by atoms with Gasteiger partial charge in [0, 0.05) is 11.0 Å². The molecule has 1 aromatic carbocycles. The normalized spacial score (nSPS) is 14.0. The number of rotatable bonds is 5. The van der Waals surface area contributed by atoms with Crippen LogP contribution in [0.4, 0.5) is 0 Å². The predicted molar refractivity (Wildman–Crippen MR) is 73.6 cm³/mol. The summed E-state index contributed by atoms with van der Waals surface area (Å²) in [4.78, 5) is 11.8. The van der Waals surface area contributed by atoms with Gasteiger partial charge in [0.05, 0.1) is 11.7 Å². The Bertz CT molecular complexity index is 421. The van der Waals surface area contributed by atoms with Gasteiger partial charge < -0.3 is 15.5 Å². The number of aliphatic hydroxyl groups excluding tert-OH is 1. The summed E-state index contributed by atoms with van der Waals surface area (Å²) >= 11 is 3.22. The summed E-state index contributed by atoms with van der Waals surface area (Å²) in [6.45, 7) is 4.15. The largest absolute Gasteiger partial charge is 0.507 e. The molecule has 3 N–H and O–H groups in total. The van der Waals surface area contributed by atoms with E-state index in [1.165, 1.54) is 6.07 Å². The number of carbonyl (C=O) groups is 1. The van der Waals surface area contributed by atoms with Crippen LogP contribution in [0.1, 0.15) is 30.6 Å². The lowest BCUT2D eigenvalue weighted by molar-refractivity contribution is 0.0936. The van der Waals surface area contributed by atoms with Crippen LogP contribution in [-0.2, 0) is 0 Å². The molecule has 0 unspecified atom stereocenters. The van der Waals surface area contributed by atoms with E-state index in [2.05, 4.69) is 21.2 Å². The van der Waals surface area contributed by atoms with Gasteiger partial charge in [-0.05, 0) is 37.5 Å². The molecule has 1 rings (SSSR count). The highest BCUT2D eigenvalue weighted by atomic mass is 79.9. The number of hydrogen-bond donors (Lipinski definition) is 3. The molecular weight excluding hydrogens is 298 g/mol. The lowest BCUT2D eigenvalue weighted by atomic mass is 10.0. The molecule has 0 aliphatic rings. The van der Waals surface area contributed by atoms with E-state index in [1.807, 2.05) is 6.92 Å². The van der Waals surface area contributed by atoms with Gasteiger partial charge in [0.15, 0.2) is 0 Å². The van der Waals surface area contributed by atoms with E-state index >= 15 is 0 Å². The molecule has 2 atom stereocenters. The van der Waals surface area contributed by atoms with E-state index in [0.29, 0.717) is 13.0 Å². The summed E-state index contributed by atoms with van der Waals surface area (Å²) in [5, 5.41) is 21.6. The second-order valence-electron chi connectivity index (χ2n) is 4.56. The van der Waals surface area contributed by atoms with Crippen molar-refractivity contribution in [3.8, 4) is 5.75 Å². The van der Waals surface area contributed by atoms with Crippen molar-refractivity contribution in [2.75, 3.05) is 6.54 Å². The number of phenols is 1. The molecule has 1 amide bonds. The maximum atomic E-state index is 11.8. The predicted octanol–water partition coefficient (Wildman–Crippen LogP) is 2.29. The monoisotopic (exact) mass is 315 g/mol. The highest BCUT2D eigenvalue weighted by molar-refractivity contribution is 9.10. The molecule has 0 bridgehead atoms. The van der Waals surface area contributed by atoms with Gasteiger partial charge >= 0.3 is 0 Å². The van der Waals surface area contributed by atoms with Crippen molar-refractivity contribution in [1.82, 2.24) is 5.32 Å². The van der Waals surface area contributed by atoms with E-state index in [9.17, 15) is 15.0 Å². The first kappa shape index (κ1) is 15.0. The van der Waals surface area contributed by atoms with Crippen LogP contribution >= 0.6 is 15.9 Å². The van der Waals surface area contributed by atoms with E-state index in [4.69, 9.17) is 0 Å². The molecule has 1 aromatic rings. The number of halogens is 1. The minimum Gasteiger partial charge on any atom is -0.507 e. The fraction of sp³-hybridized carbons (Fsp3) is 0.462. The van der Waals surface area contributed by atoms with E-state index < -0.39 is 0 Å². The second-order valence-corrected chi connectivity index (χ2v) is 5.48. The molecule has 0 aromatic heterocycles. The van der Waals surface area contributed by atoms with Gasteiger partial charge in [0.1, 0.15) is 5.75 Å². The maximum Gasteiger partial charge on any atom is 0.255 e. The van der Waals surface area contributed by atoms with E-state index in [1.54, 1.807) is 19.1 Å². The molecule has 0 saturated carbocycles. The standard InChI is InChI=1S/C13H18BrNO3/c1-8(5-9(2)16)7-15-13(18)11-4-3-10(14)6-12(11)17/h3-4,6,8-9,16-17H,5,7H2,1-2H3,(H,15,18)/t8-,9-/m1/s1. The number of benzene rings is 1. The summed E-state index contributed by atoms with van der Waals surface area (Å²) in [7, 11) is 0. The first-order chi connectivity index (χ1) is 8.40. The molecule has 0 aliphatic carbocycles. The van der Waals surface area contributed by atoms with E-state index in [-0.39, 0.29) is 29.2 Å². The summed E-state index contributed by atoms with van der Waals surface area (Å²) in [6.07, 6.45) is 0.255. The highest BCUT2D eigenvalue weighted by Gasteiger charge is 2.13. The molecule has 0 spiro atoms. The van der Waals surface area contributed by atoms with Crippen molar-refractivity contribution in [3.63, 3.8) is 0 Å². The Labute approximate surface area is 115 Å². The van der Waals surface area contributed by atoms with Crippen LogP contribution in [0.25, 0.3) is 0 Å². The molecule has 100 valence electrons. The van der Waals surface area contributed by atoms with Crippen LogP contribution in [-0.4, -0.2) is 28.8 Å². The van der Waals surface area contributed by atoms with Crippen LogP contribution in [0.3, 0.4) is 0 Å². The van der Waals surface area contributed by atoms with Crippen molar-refractivity contribution in [2.24, 2.45) is 5.92 Å². The molecular formula is C13H18BrNO3. The van der Waals surface area contributed by atoms with Crippen molar-refractivity contribution in [3.05, 3.63) is 28.2 Å². The minimum atomic E-state index is -0.377. The molecule has 0 fully saturated rings.